The predicted octanol–water partition coefficient (Wildman–Crippen LogP) is 3.48. The van der Waals surface area contributed by atoms with Gasteiger partial charge in [-0.25, -0.2) is 8.78 Å². The summed E-state index contributed by atoms with van der Waals surface area (Å²) in [6.07, 6.45) is 0. The Morgan fingerprint density at radius 3 is 2.48 bits per heavy atom. The van der Waals surface area contributed by atoms with Crippen LogP contribution < -0.4 is 10.6 Å². The third kappa shape index (κ3) is 5.34. The van der Waals surface area contributed by atoms with Crippen LogP contribution in [0.15, 0.2) is 36.4 Å². The summed E-state index contributed by atoms with van der Waals surface area (Å²) in [5.74, 6) is -2.20. The number of anilines is 2. The molecular weight excluding hydrogens is 352 g/mol. The smallest absolute Gasteiger partial charge is 0.241 e. The Hall–Kier alpha value is -2.80. The Kier molecular flexibility index (Phi) is 6.63. The van der Waals surface area contributed by atoms with E-state index in [0.717, 1.165) is 29.3 Å². The number of carbonyl (C=O) groups excluding carboxylic acids is 2. The zero-order valence-electron chi connectivity index (χ0n) is 15.8. The third-order valence-electron chi connectivity index (χ3n) is 4.50. The lowest BCUT2D eigenvalue weighted by Gasteiger charge is -2.23. The number of halogens is 2. The van der Waals surface area contributed by atoms with E-state index in [1.165, 1.54) is 4.90 Å². The summed E-state index contributed by atoms with van der Waals surface area (Å²) in [6.45, 7) is 5.42. The zero-order valence-corrected chi connectivity index (χ0v) is 15.8. The van der Waals surface area contributed by atoms with Crippen molar-refractivity contribution in [1.82, 2.24) is 4.90 Å². The second-order valence-corrected chi connectivity index (χ2v) is 6.50. The van der Waals surface area contributed by atoms with E-state index in [1.807, 2.05) is 32.0 Å². The number of aryl methyl sites for hydroxylation is 1. The first kappa shape index (κ1) is 20.5. The highest BCUT2D eigenvalue weighted by molar-refractivity contribution is 5.96. The van der Waals surface area contributed by atoms with Crippen LogP contribution in [0.2, 0.25) is 0 Å². The van der Waals surface area contributed by atoms with Gasteiger partial charge in [-0.2, -0.15) is 0 Å². The molecule has 0 aromatic heterocycles. The van der Waals surface area contributed by atoms with Crippen molar-refractivity contribution in [3.8, 4) is 0 Å². The van der Waals surface area contributed by atoms with E-state index in [2.05, 4.69) is 10.6 Å². The van der Waals surface area contributed by atoms with E-state index >= 15 is 0 Å². The number of likely N-dealkylation sites (N-methyl/N-ethyl adjacent to an activating group) is 1. The van der Waals surface area contributed by atoms with Crippen LogP contribution in [0.3, 0.4) is 0 Å². The van der Waals surface area contributed by atoms with E-state index < -0.39 is 23.6 Å². The Morgan fingerprint density at radius 1 is 1.07 bits per heavy atom. The number of nitrogens with one attached hydrogen (secondary N) is 2. The van der Waals surface area contributed by atoms with Crippen molar-refractivity contribution < 1.29 is 18.4 Å². The first-order chi connectivity index (χ1) is 12.7. The minimum atomic E-state index is -0.729. The largest absolute Gasteiger partial charge is 0.325 e. The van der Waals surface area contributed by atoms with Crippen LogP contribution in [0.4, 0.5) is 20.2 Å². The number of hydrogen-bond acceptors (Lipinski definition) is 3. The standard InChI is InChI=1S/C20H23F2N3O2/c1-12-6-5-7-17(13(12)2)23-19(26)11-25(4)14(3)20(27)24-18-10-15(21)8-9-16(18)22/h5-10,14H,11H2,1-4H3,(H,23,26)(H,24,27). The average molecular weight is 375 g/mol. The Morgan fingerprint density at radius 2 is 1.78 bits per heavy atom. The summed E-state index contributed by atoms with van der Waals surface area (Å²) in [5, 5.41) is 5.16. The Labute approximate surface area is 157 Å². The molecule has 0 spiro atoms. The van der Waals surface area contributed by atoms with Gasteiger partial charge in [-0.3, -0.25) is 14.5 Å². The molecule has 5 nitrogen and oxygen atoms in total. The van der Waals surface area contributed by atoms with Crippen LogP contribution in [-0.4, -0.2) is 36.3 Å². The molecule has 0 aliphatic heterocycles. The van der Waals surface area contributed by atoms with Crippen LogP contribution in [0.1, 0.15) is 18.1 Å². The van der Waals surface area contributed by atoms with Crippen molar-refractivity contribution in [3.05, 3.63) is 59.2 Å². The van der Waals surface area contributed by atoms with Gasteiger partial charge in [0, 0.05) is 11.8 Å². The molecule has 0 heterocycles. The molecule has 2 aromatic rings. The Balaban J connectivity index is 1.96. The number of rotatable bonds is 6. The summed E-state index contributed by atoms with van der Waals surface area (Å²) in [4.78, 5) is 26.1. The maximum Gasteiger partial charge on any atom is 0.241 e. The zero-order chi connectivity index (χ0) is 20.1. The number of amides is 2. The Bertz CT molecular complexity index is 855. The second kappa shape index (κ2) is 8.73. The van der Waals surface area contributed by atoms with E-state index in [1.54, 1.807) is 14.0 Å². The number of carbonyl (C=O) groups is 2. The molecule has 0 radical (unpaired) electrons. The first-order valence-electron chi connectivity index (χ1n) is 8.51. The predicted molar refractivity (Wildman–Crippen MR) is 102 cm³/mol. The molecule has 0 aliphatic rings. The van der Waals surface area contributed by atoms with Crippen molar-refractivity contribution in [2.45, 2.75) is 26.8 Å². The summed E-state index contributed by atoms with van der Waals surface area (Å²) >= 11 is 0. The molecule has 0 bridgehead atoms. The molecule has 0 saturated carbocycles. The van der Waals surface area contributed by atoms with Crippen molar-refractivity contribution >= 4 is 23.2 Å². The molecule has 1 unspecified atom stereocenters. The second-order valence-electron chi connectivity index (χ2n) is 6.50. The van der Waals surface area contributed by atoms with Gasteiger partial charge in [0.2, 0.25) is 11.8 Å². The molecule has 2 rings (SSSR count). The molecule has 1 atom stereocenters. The SMILES string of the molecule is Cc1cccc(NC(=O)CN(C)C(C)C(=O)Nc2cc(F)ccc2F)c1C. The summed E-state index contributed by atoms with van der Waals surface area (Å²) < 4.78 is 26.9. The molecule has 0 fully saturated rings. The van der Waals surface area contributed by atoms with Gasteiger partial charge in [0.05, 0.1) is 18.3 Å². The van der Waals surface area contributed by atoms with Crippen LogP contribution in [0, 0.1) is 25.5 Å². The highest BCUT2D eigenvalue weighted by Crippen LogP contribution is 2.18. The van der Waals surface area contributed by atoms with Crippen molar-refractivity contribution in [2.75, 3.05) is 24.2 Å². The van der Waals surface area contributed by atoms with Crippen molar-refractivity contribution in [2.24, 2.45) is 0 Å². The van der Waals surface area contributed by atoms with E-state index in [4.69, 9.17) is 0 Å². The fraction of sp³-hybridized carbons (Fsp3) is 0.300. The van der Waals surface area contributed by atoms with Gasteiger partial charge in [0.15, 0.2) is 0 Å². The molecule has 27 heavy (non-hydrogen) atoms. The number of hydrogen-bond donors (Lipinski definition) is 2. The van der Waals surface area contributed by atoms with Crippen LogP contribution in [0.25, 0.3) is 0 Å². The van der Waals surface area contributed by atoms with Crippen molar-refractivity contribution in [1.29, 1.82) is 0 Å². The number of benzene rings is 2. The third-order valence-corrected chi connectivity index (χ3v) is 4.50. The van der Waals surface area contributed by atoms with Gasteiger partial charge in [-0.15, -0.1) is 0 Å². The van der Waals surface area contributed by atoms with Gasteiger partial charge < -0.3 is 10.6 Å². The fourth-order valence-corrected chi connectivity index (χ4v) is 2.47. The van der Waals surface area contributed by atoms with E-state index in [9.17, 15) is 18.4 Å². The lowest BCUT2D eigenvalue weighted by molar-refractivity contribution is -0.122. The lowest BCUT2D eigenvalue weighted by atomic mass is 10.1. The molecule has 144 valence electrons. The van der Waals surface area contributed by atoms with Gasteiger partial charge in [0.25, 0.3) is 0 Å². The molecule has 2 aromatic carbocycles. The van der Waals surface area contributed by atoms with E-state index in [0.29, 0.717) is 5.69 Å². The van der Waals surface area contributed by atoms with Crippen LogP contribution >= 0.6 is 0 Å². The highest BCUT2D eigenvalue weighted by Gasteiger charge is 2.21. The lowest BCUT2D eigenvalue weighted by Crippen LogP contribution is -2.43. The summed E-state index contributed by atoms with van der Waals surface area (Å²) in [5.41, 5.74) is 2.51. The minimum absolute atomic E-state index is 0.0341. The molecule has 0 aliphatic carbocycles. The van der Waals surface area contributed by atoms with E-state index in [-0.39, 0.29) is 18.1 Å². The van der Waals surface area contributed by atoms with Gasteiger partial charge in [0.1, 0.15) is 11.6 Å². The van der Waals surface area contributed by atoms with Crippen LogP contribution in [0.5, 0.6) is 0 Å². The molecule has 0 saturated heterocycles. The van der Waals surface area contributed by atoms with Gasteiger partial charge in [-0.05, 0) is 57.1 Å². The molecule has 7 heteroatoms. The van der Waals surface area contributed by atoms with Gasteiger partial charge in [-0.1, -0.05) is 12.1 Å². The molecular formula is C20H23F2N3O2. The first-order valence-corrected chi connectivity index (χ1v) is 8.51. The monoisotopic (exact) mass is 375 g/mol. The molecule has 2 amide bonds. The maximum atomic E-state index is 13.7. The highest BCUT2D eigenvalue weighted by atomic mass is 19.1. The van der Waals surface area contributed by atoms with Crippen molar-refractivity contribution in [3.63, 3.8) is 0 Å². The number of nitrogens with zero attached hydrogens (tertiary/aromatic N) is 1. The molecule has 2 N–H and O–H groups in total. The maximum absolute atomic E-state index is 13.7. The fourth-order valence-electron chi connectivity index (χ4n) is 2.47. The average Bonchev–Trinajstić information content (AvgIpc) is 2.61. The summed E-state index contributed by atoms with van der Waals surface area (Å²) in [7, 11) is 1.61. The minimum Gasteiger partial charge on any atom is -0.325 e. The quantitative estimate of drug-likeness (QED) is 0.813. The normalized spacial score (nSPS) is 12.0. The van der Waals surface area contributed by atoms with Gasteiger partial charge >= 0.3 is 0 Å². The topological polar surface area (TPSA) is 61.4 Å². The summed E-state index contributed by atoms with van der Waals surface area (Å²) in [6, 6.07) is 7.71. The van der Waals surface area contributed by atoms with Crippen LogP contribution in [-0.2, 0) is 9.59 Å².